The highest BCUT2D eigenvalue weighted by Gasteiger charge is 2.33. The van der Waals surface area contributed by atoms with Crippen molar-refractivity contribution >= 4 is 27.5 Å². The summed E-state index contributed by atoms with van der Waals surface area (Å²) in [5, 5.41) is 2.51. The molecule has 0 fully saturated rings. The number of hydrogen-bond donors (Lipinski definition) is 1. The molecule has 10 heteroatoms. The Kier molecular flexibility index (Phi) is 8.65. The van der Waals surface area contributed by atoms with Crippen molar-refractivity contribution in [1.29, 1.82) is 0 Å². The number of hydrogen-bond acceptors (Lipinski definition) is 5. The zero-order valence-electron chi connectivity index (χ0n) is 20.2. The second-order valence-electron chi connectivity index (χ2n) is 7.94. The highest BCUT2D eigenvalue weighted by molar-refractivity contribution is 7.92. The maximum Gasteiger partial charge on any atom is 0.264 e. The van der Waals surface area contributed by atoms with Gasteiger partial charge in [-0.15, -0.1) is 0 Å². The average Bonchev–Trinajstić information content (AvgIpc) is 2.90. The third kappa shape index (κ3) is 6.01. The largest absolute Gasteiger partial charge is 0.497 e. The van der Waals surface area contributed by atoms with E-state index in [1.165, 1.54) is 68.4 Å². The van der Waals surface area contributed by atoms with E-state index in [2.05, 4.69) is 5.32 Å². The van der Waals surface area contributed by atoms with Crippen LogP contribution in [0.3, 0.4) is 0 Å². The van der Waals surface area contributed by atoms with Crippen LogP contribution in [0, 0.1) is 5.82 Å². The van der Waals surface area contributed by atoms with E-state index in [1.54, 1.807) is 30.3 Å². The minimum Gasteiger partial charge on any atom is -0.497 e. The number of anilines is 1. The lowest BCUT2D eigenvalue weighted by molar-refractivity contribution is -0.139. The molecule has 1 unspecified atom stereocenters. The fourth-order valence-corrected chi connectivity index (χ4v) is 5.09. The molecule has 1 N–H and O–H groups in total. The normalized spacial score (nSPS) is 11.9. The summed E-state index contributed by atoms with van der Waals surface area (Å²) in [5.74, 6) is -1.36. The lowest BCUT2D eigenvalue weighted by Gasteiger charge is -2.31. The highest BCUT2D eigenvalue weighted by Crippen LogP contribution is 2.27. The molecular formula is C26H28FN3O5S. The number of amides is 2. The van der Waals surface area contributed by atoms with Gasteiger partial charge in [-0.25, -0.2) is 12.8 Å². The van der Waals surface area contributed by atoms with Crippen molar-refractivity contribution in [3.8, 4) is 5.75 Å². The smallest absolute Gasteiger partial charge is 0.264 e. The SMILES string of the molecule is CNC(=O)C(C)N(Cc1cccc(OC)c1)C(=O)CN(c1ccccc1F)S(=O)(=O)c1ccccc1. The van der Waals surface area contributed by atoms with E-state index in [1.807, 2.05) is 0 Å². The van der Waals surface area contributed by atoms with Gasteiger partial charge in [0.2, 0.25) is 11.8 Å². The van der Waals surface area contributed by atoms with E-state index in [0.717, 1.165) is 10.4 Å². The van der Waals surface area contributed by atoms with Crippen molar-refractivity contribution in [2.75, 3.05) is 25.0 Å². The Morgan fingerprint density at radius 1 is 1.00 bits per heavy atom. The molecule has 0 saturated carbocycles. The first kappa shape index (κ1) is 26.7. The van der Waals surface area contributed by atoms with Crippen LogP contribution in [-0.4, -0.2) is 51.9 Å². The van der Waals surface area contributed by atoms with Crippen molar-refractivity contribution in [3.63, 3.8) is 0 Å². The minimum absolute atomic E-state index is 0.00111. The predicted molar refractivity (Wildman–Crippen MR) is 134 cm³/mol. The minimum atomic E-state index is -4.31. The second-order valence-corrected chi connectivity index (χ2v) is 9.80. The van der Waals surface area contributed by atoms with Crippen molar-refractivity contribution in [2.24, 2.45) is 0 Å². The molecular weight excluding hydrogens is 485 g/mol. The molecule has 0 aromatic heterocycles. The van der Waals surface area contributed by atoms with Gasteiger partial charge in [0.25, 0.3) is 10.0 Å². The van der Waals surface area contributed by atoms with Gasteiger partial charge in [0.1, 0.15) is 24.2 Å². The summed E-state index contributed by atoms with van der Waals surface area (Å²) >= 11 is 0. The van der Waals surface area contributed by atoms with Gasteiger partial charge in [-0.05, 0) is 48.9 Å². The molecule has 36 heavy (non-hydrogen) atoms. The molecule has 8 nitrogen and oxygen atoms in total. The molecule has 0 spiro atoms. The van der Waals surface area contributed by atoms with Crippen molar-refractivity contribution in [2.45, 2.75) is 24.4 Å². The molecule has 0 aliphatic carbocycles. The number of halogens is 1. The Balaban J connectivity index is 2.03. The van der Waals surface area contributed by atoms with Gasteiger partial charge in [-0.1, -0.05) is 42.5 Å². The highest BCUT2D eigenvalue weighted by atomic mass is 32.2. The van der Waals surface area contributed by atoms with Crippen LogP contribution in [0.5, 0.6) is 5.75 Å². The summed E-state index contributed by atoms with van der Waals surface area (Å²) in [6, 6.07) is 18.8. The van der Waals surface area contributed by atoms with E-state index < -0.39 is 40.2 Å². The molecule has 0 saturated heterocycles. The Morgan fingerprint density at radius 2 is 1.67 bits per heavy atom. The fraction of sp³-hybridized carbons (Fsp3) is 0.231. The molecule has 0 radical (unpaired) electrons. The maximum absolute atomic E-state index is 14.8. The lowest BCUT2D eigenvalue weighted by atomic mass is 10.1. The van der Waals surface area contributed by atoms with Crippen molar-refractivity contribution in [1.82, 2.24) is 10.2 Å². The standard InChI is InChI=1S/C26H28FN3O5S/c1-19(26(32)28-2)29(17-20-10-9-11-21(16-20)35-3)25(31)18-30(24-15-8-7-14-23(24)27)36(33,34)22-12-5-4-6-13-22/h4-16,19H,17-18H2,1-3H3,(H,28,32). The average molecular weight is 514 g/mol. The van der Waals surface area contributed by atoms with Gasteiger partial charge >= 0.3 is 0 Å². The summed E-state index contributed by atoms with van der Waals surface area (Å²) in [5.41, 5.74) is 0.394. The van der Waals surface area contributed by atoms with Gasteiger partial charge in [0, 0.05) is 13.6 Å². The molecule has 0 aliphatic rings. The number of likely N-dealkylation sites (N-methyl/N-ethyl adjacent to an activating group) is 1. The first-order valence-electron chi connectivity index (χ1n) is 11.2. The van der Waals surface area contributed by atoms with E-state index in [-0.39, 0.29) is 17.1 Å². The lowest BCUT2D eigenvalue weighted by Crippen LogP contribution is -2.50. The van der Waals surface area contributed by atoms with Gasteiger partial charge in [0.15, 0.2) is 0 Å². The Bertz CT molecular complexity index is 1320. The second kappa shape index (κ2) is 11.7. The third-order valence-corrected chi connectivity index (χ3v) is 7.41. The number of sulfonamides is 1. The number of benzene rings is 3. The van der Waals surface area contributed by atoms with E-state index in [0.29, 0.717) is 11.3 Å². The summed E-state index contributed by atoms with van der Waals surface area (Å²) in [4.78, 5) is 27.3. The quantitative estimate of drug-likeness (QED) is 0.449. The fourth-order valence-electron chi connectivity index (χ4n) is 3.65. The monoisotopic (exact) mass is 513 g/mol. The number of ether oxygens (including phenoxy) is 1. The molecule has 0 heterocycles. The number of rotatable bonds is 10. The number of para-hydroxylation sites is 1. The molecule has 3 aromatic carbocycles. The first-order chi connectivity index (χ1) is 17.2. The third-order valence-electron chi connectivity index (χ3n) is 5.63. The summed E-state index contributed by atoms with van der Waals surface area (Å²) in [7, 11) is -1.36. The topological polar surface area (TPSA) is 96.0 Å². The van der Waals surface area contributed by atoms with Crippen LogP contribution < -0.4 is 14.4 Å². The number of carbonyl (C=O) groups excluding carboxylic acids is 2. The van der Waals surface area contributed by atoms with Gasteiger partial charge in [0.05, 0.1) is 17.7 Å². The molecule has 0 aliphatic heterocycles. The van der Waals surface area contributed by atoms with Crippen LogP contribution in [-0.2, 0) is 26.2 Å². The van der Waals surface area contributed by atoms with Crippen LogP contribution in [0.15, 0.2) is 83.8 Å². The summed E-state index contributed by atoms with van der Waals surface area (Å²) < 4.78 is 47.8. The molecule has 0 bridgehead atoms. The Labute approximate surface area is 210 Å². The van der Waals surface area contributed by atoms with Crippen LogP contribution in [0.1, 0.15) is 12.5 Å². The number of carbonyl (C=O) groups is 2. The van der Waals surface area contributed by atoms with Crippen LogP contribution in [0.4, 0.5) is 10.1 Å². The maximum atomic E-state index is 14.8. The number of methoxy groups -OCH3 is 1. The number of nitrogens with zero attached hydrogens (tertiary/aromatic N) is 2. The molecule has 3 rings (SSSR count). The Hall–Kier alpha value is -3.92. The van der Waals surface area contributed by atoms with E-state index in [9.17, 15) is 22.4 Å². The molecule has 2 amide bonds. The van der Waals surface area contributed by atoms with E-state index >= 15 is 0 Å². The molecule has 190 valence electrons. The van der Waals surface area contributed by atoms with E-state index in [4.69, 9.17) is 4.74 Å². The van der Waals surface area contributed by atoms with Crippen molar-refractivity contribution in [3.05, 3.63) is 90.2 Å². The Morgan fingerprint density at radius 3 is 2.31 bits per heavy atom. The zero-order valence-corrected chi connectivity index (χ0v) is 21.0. The zero-order chi connectivity index (χ0) is 26.3. The van der Waals surface area contributed by atoms with Gasteiger partial charge in [-0.2, -0.15) is 0 Å². The van der Waals surface area contributed by atoms with Crippen molar-refractivity contribution < 1.29 is 27.1 Å². The predicted octanol–water partition coefficient (Wildman–Crippen LogP) is 3.19. The van der Waals surface area contributed by atoms with Crippen LogP contribution in [0.2, 0.25) is 0 Å². The van der Waals surface area contributed by atoms with Crippen LogP contribution >= 0.6 is 0 Å². The molecule has 3 aromatic rings. The molecule has 1 atom stereocenters. The first-order valence-corrected chi connectivity index (χ1v) is 12.6. The van der Waals surface area contributed by atoms with Crippen LogP contribution in [0.25, 0.3) is 0 Å². The number of nitrogens with one attached hydrogen (secondary N) is 1. The summed E-state index contributed by atoms with van der Waals surface area (Å²) in [6.07, 6.45) is 0. The summed E-state index contributed by atoms with van der Waals surface area (Å²) in [6.45, 7) is 0.820. The van der Waals surface area contributed by atoms with Gasteiger partial charge in [-0.3, -0.25) is 13.9 Å². The van der Waals surface area contributed by atoms with Gasteiger partial charge < -0.3 is 15.0 Å².